The van der Waals surface area contributed by atoms with Crippen LogP contribution in [-0.4, -0.2) is 36.9 Å². The Labute approximate surface area is 156 Å². The smallest absolute Gasteiger partial charge is 0.404 e. The van der Waals surface area contributed by atoms with Crippen LogP contribution in [0.25, 0.3) is 0 Å². The molecule has 0 spiro atoms. The van der Waals surface area contributed by atoms with E-state index >= 15 is 0 Å². The molecule has 1 amide bonds. The zero-order valence-electron chi connectivity index (χ0n) is 13.5. The molecule has 0 aromatic carbocycles. The number of aryl methyl sites for hydroxylation is 1. The van der Waals surface area contributed by atoms with Crippen molar-refractivity contribution in [1.29, 1.82) is 0 Å². The normalized spacial score (nSPS) is 10.8. The van der Waals surface area contributed by atoms with E-state index in [4.69, 9.17) is 4.42 Å². The summed E-state index contributed by atoms with van der Waals surface area (Å²) >= 11 is 3.08. The van der Waals surface area contributed by atoms with Gasteiger partial charge >= 0.3 is 5.82 Å². The van der Waals surface area contributed by atoms with Crippen molar-refractivity contribution in [2.75, 3.05) is 6.54 Å². The lowest BCUT2D eigenvalue weighted by Gasteiger charge is -2.03. The predicted molar refractivity (Wildman–Crippen MR) is 93.6 cm³/mol. The Morgan fingerprint density at radius 2 is 2.23 bits per heavy atom. The minimum Gasteiger partial charge on any atom is -0.454 e. The molecule has 3 rings (SSSR count). The van der Waals surface area contributed by atoms with Gasteiger partial charge in [0.25, 0.3) is 5.91 Å². The number of amides is 1. The van der Waals surface area contributed by atoms with Crippen LogP contribution in [0.3, 0.4) is 0 Å². The molecule has 3 heterocycles. The van der Waals surface area contributed by atoms with Gasteiger partial charge < -0.3 is 19.8 Å². The Balaban J connectivity index is 1.51. The van der Waals surface area contributed by atoms with Gasteiger partial charge in [-0.15, -0.1) is 0 Å². The Kier molecular flexibility index (Phi) is 5.46. The monoisotopic (exact) mass is 422 g/mol. The fraction of sp³-hybridized carbons (Fsp3) is 0.267. The molecule has 3 aromatic rings. The van der Waals surface area contributed by atoms with E-state index in [1.54, 1.807) is 23.0 Å². The summed E-state index contributed by atoms with van der Waals surface area (Å²) in [5.74, 6) is 0.0625. The van der Waals surface area contributed by atoms with Gasteiger partial charge in [-0.1, -0.05) is 0 Å². The molecule has 0 radical (unpaired) electrons. The quantitative estimate of drug-likeness (QED) is 0.337. The highest BCUT2D eigenvalue weighted by molar-refractivity contribution is 9.10. The van der Waals surface area contributed by atoms with Crippen molar-refractivity contribution < 1.29 is 14.1 Å². The van der Waals surface area contributed by atoms with Gasteiger partial charge in [-0.2, -0.15) is 9.78 Å². The minimum atomic E-state index is -0.579. The molecule has 0 aliphatic rings. The molecule has 1 N–H and O–H groups in total. The molecule has 0 fully saturated rings. The van der Waals surface area contributed by atoms with Crippen LogP contribution in [-0.2, 0) is 13.1 Å². The maximum Gasteiger partial charge on any atom is 0.404 e. The van der Waals surface area contributed by atoms with E-state index in [1.165, 1.54) is 10.9 Å². The van der Waals surface area contributed by atoms with Crippen LogP contribution in [0, 0.1) is 10.1 Å². The number of furan rings is 1. The first-order valence-corrected chi connectivity index (χ1v) is 8.54. The Bertz CT molecular complexity index is 901. The first kappa shape index (κ1) is 17.9. The number of carbonyl (C=O) groups excluding carboxylic acids is 1. The second-order valence-corrected chi connectivity index (χ2v) is 6.25. The van der Waals surface area contributed by atoms with Gasteiger partial charge in [0.15, 0.2) is 5.76 Å². The number of hydrogen-bond donors (Lipinski definition) is 1. The molecule has 0 unspecified atom stereocenters. The Hall–Kier alpha value is -2.95. The summed E-state index contributed by atoms with van der Waals surface area (Å²) in [6.45, 7) is 1.38. The summed E-state index contributed by atoms with van der Waals surface area (Å²) < 4.78 is 8.93. The summed E-state index contributed by atoms with van der Waals surface area (Å²) in [7, 11) is 0. The lowest BCUT2D eigenvalue weighted by Crippen LogP contribution is -2.24. The molecule has 0 saturated heterocycles. The van der Waals surface area contributed by atoms with Gasteiger partial charge in [0.1, 0.15) is 16.8 Å². The van der Waals surface area contributed by atoms with Crippen molar-refractivity contribution >= 4 is 27.7 Å². The summed E-state index contributed by atoms with van der Waals surface area (Å²) in [6.07, 6.45) is 5.79. The van der Waals surface area contributed by atoms with Crippen LogP contribution in [0.1, 0.15) is 22.7 Å². The fourth-order valence-corrected chi connectivity index (χ4v) is 2.76. The maximum atomic E-state index is 12.1. The molecule has 0 aliphatic carbocycles. The van der Waals surface area contributed by atoms with Crippen molar-refractivity contribution in [3.8, 4) is 0 Å². The van der Waals surface area contributed by atoms with Crippen molar-refractivity contribution in [2.24, 2.45) is 0 Å². The van der Waals surface area contributed by atoms with E-state index in [1.807, 2.05) is 12.3 Å². The third kappa shape index (κ3) is 4.36. The first-order valence-electron chi connectivity index (χ1n) is 7.74. The molecular formula is C15H15BrN6O4. The van der Waals surface area contributed by atoms with Gasteiger partial charge in [-0.3, -0.25) is 9.48 Å². The Morgan fingerprint density at radius 1 is 1.38 bits per heavy atom. The number of nitro groups is 1. The molecule has 0 saturated carbocycles. The number of halogens is 1. The summed E-state index contributed by atoms with van der Waals surface area (Å²) in [4.78, 5) is 22.3. The third-order valence-electron chi connectivity index (χ3n) is 3.48. The number of carbonyl (C=O) groups is 1. The Morgan fingerprint density at radius 3 is 2.92 bits per heavy atom. The minimum absolute atomic E-state index is 0.180. The van der Waals surface area contributed by atoms with Gasteiger partial charge in [-0.05, 0) is 45.5 Å². The number of hydrogen-bond acceptors (Lipinski definition) is 6. The van der Waals surface area contributed by atoms with E-state index in [-0.39, 0.29) is 28.5 Å². The predicted octanol–water partition coefficient (Wildman–Crippen LogP) is 2.21. The highest BCUT2D eigenvalue weighted by atomic mass is 79.9. The van der Waals surface area contributed by atoms with Crippen LogP contribution in [0.4, 0.5) is 5.82 Å². The molecule has 0 bridgehead atoms. The third-order valence-corrected chi connectivity index (χ3v) is 4.04. The highest BCUT2D eigenvalue weighted by Crippen LogP contribution is 2.22. The largest absolute Gasteiger partial charge is 0.454 e. The number of nitrogens with one attached hydrogen (secondary N) is 1. The van der Waals surface area contributed by atoms with Crippen LogP contribution in [0.15, 0.2) is 45.7 Å². The number of aromatic nitrogens is 4. The fourth-order valence-electron chi connectivity index (χ4n) is 2.30. The van der Waals surface area contributed by atoms with Gasteiger partial charge in [0.05, 0.1) is 11.3 Å². The second-order valence-electron chi connectivity index (χ2n) is 5.40. The lowest BCUT2D eigenvalue weighted by atomic mass is 10.3. The maximum absolute atomic E-state index is 12.1. The van der Waals surface area contributed by atoms with Crippen LogP contribution in [0.2, 0.25) is 0 Å². The molecule has 0 atom stereocenters. The second kappa shape index (κ2) is 7.95. The average molecular weight is 423 g/mol. The lowest BCUT2D eigenvalue weighted by molar-refractivity contribution is -0.390. The summed E-state index contributed by atoms with van der Waals surface area (Å²) in [5.41, 5.74) is 0. The average Bonchev–Trinajstić information content (AvgIpc) is 3.33. The van der Waals surface area contributed by atoms with Gasteiger partial charge in [-0.25, -0.2) is 0 Å². The zero-order valence-corrected chi connectivity index (χ0v) is 15.1. The van der Waals surface area contributed by atoms with Crippen molar-refractivity contribution in [3.05, 3.63) is 62.9 Å². The zero-order chi connectivity index (χ0) is 18.5. The molecular weight excluding hydrogens is 408 g/mol. The highest BCUT2D eigenvalue weighted by Gasteiger charge is 2.19. The molecule has 10 nitrogen and oxygen atoms in total. The summed E-state index contributed by atoms with van der Waals surface area (Å²) in [6, 6.07) is 5.04. The molecule has 136 valence electrons. The molecule has 0 aliphatic heterocycles. The summed E-state index contributed by atoms with van der Waals surface area (Å²) in [5, 5.41) is 21.5. The van der Waals surface area contributed by atoms with Crippen LogP contribution in [0.5, 0.6) is 0 Å². The van der Waals surface area contributed by atoms with Crippen molar-refractivity contribution in [2.45, 2.75) is 19.5 Å². The standard InChI is InChI=1S/C15H15BrN6O4/c16-12-10-21(19-14(12)22(24)25)9-11-3-4-13(26-11)15(23)17-5-1-7-20-8-2-6-18-20/h2-4,6,8,10H,1,5,7,9H2,(H,17,23). The molecule has 11 heteroatoms. The molecule has 26 heavy (non-hydrogen) atoms. The first-order chi connectivity index (χ1) is 12.5. The van der Waals surface area contributed by atoms with Crippen LogP contribution < -0.4 is 5.32 Å². The SMILES string of the molecule is O=C(NCCCn1cccn1)c1ccc(Cn2cc(Br)c([N+](=O)[O-])n2)o1. The van der Waals surface area contributed by atoms with Gasteiger partial charge in [0, 0.05) is 25.5 Å². The van der Waals surface area contributed by atoms with E-state index in [9.17, 15) is 14.9 Å². The van der Waals surface area contributed by atoms with E-state index < -0.39 is 4.92 Å². The number of nitrogens with zero attached hydrogens (tertiary/aromatic N) is 5. The van der Waals surface area contributed by atoms with E-state index in [0.717, 1.165) is 6.42 Å². The van der Waals surface area contributed by atoms with E-state index in [0.29, 0.717) is 18.8 Å². The van der Waals surface area contributed by atoms with Gasteiger partial charge in [0.2, 0.25) is 0 Å². The van der Waals surface area contributed by atoms with E-state index in [2.05, 4.69) is 31.4 Å². The van der Waals surface area contributed by atoms with Crippen molar-refractivity contribution in [3.63, 3.8) is 0 Å². The van der Waals surface area contributed by atoms with Crippen molar-refractivity contribution in [1.82, 2.24) is 24.9 Å². The van der Waals surface area contributed by atoms with Crippen LogP contribution >= 0.6 is 15.9 Å². The topological polar surface area (TPSA) is 121 Å². The molecule has 3 aromatic heterocycles. The number of rotatable bonds is 8.